The van der Waals surface area contributed by atoms with E-state index in [0.29, 0.717) is 0 Å². The molecule has 16 heavy (non-hydrogen) atoms. The van der Waals surface area contributed by atoms with Crippen molar-refractivity contribution in [2.75, 3.05) is 13.1 Å². The van der Waals surface area contributed by atoms with Gasteiger partial charge in [-0.25, -0.2) is 4.98 Å². The van der Waals surface area contributed by atoms with Crippen LogP contribution in [-0.4, -0.2) is 33.9 Å². The zero-order valence-corrected chi connectivity index (χ0v) is 8.85. The quantitative estimate of drug-likeness (QED) is 0.716. The van der Waals surface area contributed by atoms with Crippen molar-refractivity contribution in [2.45, 2.75) is 0 Å². The van der Waals surface area contributed by atoms with Crippen LogP contribution in [-0.2, 0) is 0 Å². The Morgan fingerprint density at radius 2 is 2.00 bits per heavy atom. The molecule has 0 aliphatic carbocycles. The van der Waals surface area contributed by atoms with Gasteiger partial charge >= 0.3 is 0 Å². The minimum Gasteiger partial charge on any atom is -0.311 e. The number of hydrogen-bond acceptors (Lipinski definition) is 5. The van der Waals surface area contributed by atoms with Crippen LogP contribution in [0.15, 0.2) is 12.4 Å². The molecule has 6 nitrogen and oxygen atoms in total. The number of nitriles is 2. The number of amides is 1. The summed E-state index contributed by atoms with van der Waals surface area (Å²) in [5.41, 5.74) is 0.0120. The highest BCUT2D eigenvalue weighted by Gasteiger charge is 2.16. The van der Waals surface area contributed by atoms with E-state index < -0.39 is 5.91 Å². The van der Waals surface area contributed by atoms with Gasteiger partial charge in [0.1, 0.15) is 23.9 Å². The largest absolute Gasteiger partial charge is 0.311 e. The van der Waals surface area contributed by atoms with Gasteiger partial charge in [-0.1, -0.05) is 11.6 Å². The van der Waals surface area contributed by atoms with E-state index in [1.165, 1.54) is 12.4 Å². The van der Waals surface area contributed by atoms with E-state index in [4.69, 9.17) is 22.1 Å². The van der Waals surface area contributed by atoms with Gasteiger partial charge in [0, 0.05) is 0 Å². The lowest BCUT2D eigenvalue weighted by Crippen LogP contribution is -2.32. The predicted octanol–water partition coefficient (Wildman–Crippen LogP) is 0.619. The summed E-state index contributed by atoms with van der Waals surface area (Å²) in [6, 6.07) is 3.58. The van der Waals surface area contributed by atoms with Gasteiger partial charge in [-0.15, -0.1) is 0 Å². The monoisotopic (exact) mass is 235 g/mol. The molecule has 0 aromatic carbocycles. The first-order valence-electron chi connectivity index (χ1n) is 4.19. The fraction of sp³-hybridized carbons (Fsp3) is 0.222. The van der Waals surface area contributed by atoms with Gasteiger partial charge in [0.05, 0.1) is 24.5 Å². The molecular formula is C9H6ClN5O. The Balaban J connectivity index is 2.91. The van der Waals surface area contributed by atoms with Crippen molar-refractivity contribution in [3.05, 3.63) is 23.2 Å². The van der Waals surface area contributed by atoms with Crippen LogP contribution in [0, 0.1) is 22.7 Å². The van der Waals surface area contributed by atoms with Crippen molar-refractivity contribution < 1.29 is 4.79 Å². The van der Waals surface area contributed by atoms with Gasteiger partial charge in [0.25, 0.3) is 5.91 Å². The highest BCUT2D eigenvalue weighted by atomic mass is 35.5. The third-order valence-electron chi connectivity index (χ3n) is 1.63. The number of hydrogen-bond donors (Lipinski definition) is 0. The molecule has 1 heterocycles. The summed E-state index contributed by atoms with van der Waals surface area (Å²) in [6.45, 7) is -0.360. The van der Waals surface area contributed by atoms with Crippen molar-refractivity contribution in [1.29, 1.82) is 10.5 Å². The zero-order chi connectivity index (χ0) is 12.0. The first-order chi connectivity index (χ1) is 7.69. The van der Waals surface area contributed by atoms with Crippen LogP contribution in [0.25, 0.3) is 0 Å². The molecule has 0 saturated heterocycles. The molecule has 0 radical (unpaired) electrons. The summed E-state index contributed by atoms with van der Waals surface area (Å²) in [6.07, 6.45) is 2.52. The fourth-order valence-corrected chi connectivity index (χ4v) is 1.12. The van der Waals surface area contributed by atoms with Crippen LogP contribution >= 0.6 is 11.6 Å². The second kappa shape index (κ2) is 5.64. The van der Waals surface area contributed by atoms with E-state index >= 15 is 0 Å². The normalized spacial score (nSPS) is 8.94. The molecule has 0 atom stereocenters. The maximum absolute atomic E-state index is 11.7. The Morgan fingerprint density at radius 1 is 1.38 bits per heavy atom. The SMILES string of the molecule is N#CCN(CC#N)C(=O)c1cncc(Cl)n1. The van der Waals surface area contributed by atoms with Crippen LogP contribution in [0.4, 0.5) is 0 Å². The molecule has 0 aliphatic rings. The lowest BCUT2D eigenvalue weighted by molar-refractivity contribution is 0.0788. The summed E-state index contributed by atoms with van der Waals surface area (Å²) >= 11 is 5.57. The lowest BCUT2D eigenvalue weighted by Gasteiger charge is -2.14. The highest BCUT2D eigenvalue weighted by Crippen LogP contribution is 2.05. The van der Waals surface area contributed by atoms with E-state index in [1.54, 1.807) is 12.1 Å². The van der Waals surface area contributed by atoms with Crippen LogP contribution in [0.2, 0.25) is 5.15 Å². The molecule has 80 valence electrons. The molecule has 0 fully saturated rings. The Labute approximate surface area is 96.7 Å². The maximum Gasteiger partial charge on any atom is 0.275 e. The Bertz CT molecular complexity index is 460. The number of halogens is 1. The topological polar surface area (TPSA) is 93.7 Å². The summed E-state index contributed by atoms with van der Waals surface area (Å²) in [7, 11) is 0. The van der Waals surface area contributed by atoms with Crippen molar-refractivity contribution in [1.82, 2.24) is 14.9 Å². The molecule has 7 heteroatoms. The third kappa shape index (κ3) is 2.91. The smallest absolute Gasteiger partial charge is 0.275 e. The fourth-order valence-electron chi connectivity index (χ4n) is 0.977. The molecule has 0 saturated carbocycles. The van der Waals surface area contributed by atoms with Gasteiger partial charge in [0.2, 0.25) is 0 Å². The molecular weight excluding hydrogens is 230 g/mol. The molecule has 0 bridgehead atoms. The molecule has 0 spiro atoms. The Kier molecular flexibility index (Phi) is 4.19. The van der Waals surface area contributed by atoms with Crippen LogP contribution in [0.1, 0.15) is 10.5 Å². The average molecular weight is 236 g/mol. The van der Waals surface area contributed by atoms with Crippen molar-refractivity contribution in [2.24, 2.45) is 0 Å². The van der Waals surface area contributed by atoms with Gasteiger partial charge < -0.3 is 4.90 Å². The molecule has 0 N–H and O–H groups in total. The average Bonchev–Trinajstić information content (AvgIpc) is 2.28. The molecule has 1 rings (SSSR count). The summed E-state index contributed by atoms with van der Waals surface area (Å²) in [4.78, 5) is 20.2. The highest BCUT2D eigenvalue weighted by molar-refractivity contribution is 6.29. The van der Waals surface area contributed by atoms with E-state index in [9.17, 15) is 4.79 Å². The van der Waals surface area contributed by atoms with Crippen LogP contribution in [0.5, 0.6) is 0 Å². The van der Waals surface area contributed by atoms with Gasteiger partial charge in [0.15, 0.2) is 0 Å². The molecule has 0 aliphatic heterocycles. The number of carbonyl (C=O) groups is 1. The van der Waals surface area contributed by atoms with Gasteiger partial charge in [-0.2, -0.15) is 10.5 Å². The van der Waals surface area contributed by atoms with Gasteiger partial charge in [-0.05, 0) is 0 Å². The molecule has 1 aromatic rings. The second-order valence-corrected chi connectivity index (χ2v) is 3.09. The minimum atomic E-state index is -0.543. The first kappa shape index (κ1) is 11.9. The number of rotatable bonds is 3. The van der Waals surface area contributed by atoms with Crippen molar-refractivity contribution in [3.8, 4) is 12.1 Å². The molecule has 1 amide bonds. The summed E-state index contributed by atoms with van der Waals surface area (Å²) in [5.74, 6) is -0.543. The van der Waals surface area contributed by atoms with E-state index in [2.05, 4.69) is 9.97 Å². The van der Waals surface area contributed by atoms with Crippen molar-refractivity contribution in [3.63, 3.8) is 0 Å². The predicted molar refractivity (Wildman–Crippen MR) is 54.2 cm³/mol. The van der Waals surface area contributed by atoms with E-state index in [1.807, 2.05) is 0 Å². The standard InChI is InChI=1S/C9H6ClN5O/c10-8-6-13-5-7(14-8)9(16)15(3-1-11)4-2-12/h5-6H,3-4H2. The maximum atomic E-state index is 11.7. The van der Waals surface area contributed by atoms with Crippen LogP contribution in [0.3, 0.4) is 0 Å². The van der Waals surface area contributed by atoms with E-state index in [-0.39, 0.29) is 23.9 Å². The minimum absolute atomic E-state index is 0.0120. The Hall–Kier alpha value is -2.18. The number of nitrogens with zero attached hydrogens (tertiary/aromatic N) is 5. The van der Waals surface area contributed by atoms with Crippen LogP contribution < -0.4 is 0 Å². The molecule has 1 aromatic heterocycles. The second-order valence-electron chi connectivity index (χ2n) is 2.70. The lowest BCUT2D eigenvalue weighted by atomic mass is 10.3. The third-order valence-corrected chi connectivity index (χ3v) is 1.82. The van der Waals surface area contributed by atoms with E-state index in [0.717, 1.165) is 4.90 Å². The zero-order valence-electron chi connectivity index (χ0n) is 8.09. The number of aromatic nitrogens is 2. The summed E-state index contributed by atoms with van der Waals surface area (Å²) < 4.78 is 0. The van der Waals surface area contributed by atoms with Crippen molar-refractivity contribution >= 4 is 17.5 Å². The summed E-state index contributed by atoms with van der Waals surface area (Å²) in [5, 5.41) is 17.1. The van der Waals surface area contributed by atoms with Gasteiger partial charge in [-0.3, -0.25) is 9.78 Å². The Morgan fingerprint density at radius 3 is 2.50 bits per heavy atom. The molecule has 0 unspecified atom stereocenters. The number of carbonyl (C=O) groups excluding carboxylic acids is 1. The first-order valence-corrected chi connectivity index (χ1v) is 4.57.